The van der Waals surface area contributed by atoms with Crippen molar-refractivity contribution in [1.82, 2.24) is 5.32 Å². The van der Waals surface area contributed by atoms with E-state index in [0.29, 0.717) is 18.7 Å². The highest BCUT2D eigenvalue weighted by Gasteiger charge is 2.22. The molecule has 0 saturated heterocycles. The summed E-state index contributed by atoms with van der Waals surface area (Å²) in [6.07, 6.45) is 1.00. The van der Waals surface area contributed by atoms with Crippen LogP contribution in [0.3, 0.4) is 0 Å². The van der Waals surface area contributed by atoms with Gasteiger partial charge in [-0.05, 0) is 44.2 Å². The number of phenolic OH excluding ortho intramolecular Hbond substituents is 1. The Morgan fingerprint density at radius 1 is 1.40 bits per heavy atom. The second-order valence-electron chi connectivity index (χ2n) is 5.98. The third-order valence-electron chi connectivity index (χ3n) is 4.03. The highest BCUT2D eigenvalue weighted by Crippen LogP contribution is 2.35. The first kappa shape index (κ1) is 17.4. The van der Waals surface area contributed by atoms with Crippen molar-refractivity contribution in [2.24, 2.45) is 0 Å². The van der Waals surface area contributed by atoms with Crippen LogP contribution in [0.4, 0.5) is 0 Å². The lowest BCUT2D eigenvalue weighted by atomic mass is 10.1. The summed E-state index contributed by atoms with van der Waals surface area (Å²) in [5, 5.41) is 12.4. The van der Waals surface area contributed by atoms with Gasteiger partial charge in [-0.1, -0.05) is 11.6 Å². The average Bonchev–Trinajstić information content (AvgIpc) is 2.94. The van der Waals surface area contributed by atoms with Crippen molar-refractivity contribution in [3.63, 3.8) is 0 Å². The van der Waals surface area contributed by atoms with E-state index < -0.39 is 0 Å². The Hall–Kier alpha value is -2.40. The third kappa shape index (κ3) is 3.82. The number of aromatic hydroxyl groups is 1. The lowest BCUT2D eigenvalue weighted by Crippen LogP contribution is -2.23. The zero-order valence-electron chi connectivity index (χ0n) is 14.1. The summed E-state index contributed by atoms with van der Waals surface area (Å²) in [4.78, 5) is 12.3. The Labute approximate surface area is 151 Å². The number of benzene rings is 2. The first-order chi connectivity index (χ1) is 12.0. The number of halogens is 1. The molecule has 0 radical (unpaired) electrons. The fraction of sp³-hybridized carbons (Fsp3) is 0.316. The molecule has 1 unspecified atom stereocenters. The van der Waals surface area contributed by atoms with E-state index in [-0.39, 0.29) is 22.8 Å². The summed E-state index contributed by atoms with van der Waals surface area (Å²) in [6.45, 7) is 4.80. The molecule has 0 aromatic heterocycles. The van der Waals surface area contributed by atoms with Gasteiger partial charge in [0, 0.05) is 29.7 Å². The van der Waals surface area contributed by atoms with E-state index in [1.165, 1.54) is 18.2 Å². The van der Waals surface area contributed by atoms with Gasteiger partial charge in [-0.3, -0.25) is 4.79 Å². The molecule has 132 valence electrons. The molecule has 1 aliphatic rings. The van der Waals surface area contributed by atoms with Gasteiger partial charge in [0.25, 0.3) is 5.91 Å². The summed E-state index contributed by atoms with van der Waals surface area (Å²) in [6, 6.07) is 8.26. The molecule has 1 heterocycles. The number of nitrogens with one attached hydrogen (secondary N) is 1. The van der Waals surface area contributed by atoms with Crippen LogP contribution in [0.15, 0.2) is 30.3 Å². The maximum Gasteiger partial charge on any atom is 0.251 e. The zero-order valence-corrected chi connectivity index (χ0v) is 14.9. The molecule has 0 aliphatic carbocycles. The second-order valence-corrected chi connectivity index (χ2v) is 6.39. The van der Waals surface area contributed by atoms with Gasteiger partial charge in [-0.2, -0.15) is 0 Å². The van der Waals surface area contributed by atoms with Crippen molar-refractivity contribution < 1.29 is 19.4 Å². The monoisotopic (exact) mass is 361 g/mol. The number of phenols is 1. The molecule has 2 aromatic rings. The first-order valence-corrected chi connectivity index (χ1v) is 8.57. The third-order valence-corrected chi connectivity index (χ3v) is 4.33. The van der Waals surface area contributed by atoms with Gasteiger partial charge >= 0.3 is 0 Å². The molecule has 0 fully saturated rings. The topological polar surface area (TPSA) is 67.8 Å². The van der Waals surface area contributed by atoms with Crippen LogP contribution in [0.25, 0.3) is 0 Å². The van der Waals surface area contributed by atoms with Crippen molar-refractivity contribution in [1.29, 1.82) is 0 Å². The fourth-order valence-corrected chi connectivity index (χ4v) is 3.02. The number of rotatable bonds is 5. The first-order valence-electron chi connectivity index (χ1n) is 8.20. The van der Waals surface area contributed by atoms with Crippen molar-refractivity contribution in [2.45, 2.75) is 32.9 Å². The average molecular weight is 362 g/mol. The van der Waals surface area contributed by atoms with Crippen molar-refractivity contribution in [2.75, 3.05) is 6.61 Å². The van der Waals surface area contributed by atoms with Crippen LogP contribution in [0, 0.1) is 0 Å². The molecule has 1 atom stereocenters. The lowest BCUT2D eigenvalue weighted by molar-refractivity contribution is 0.0950. The van der Waals surface area contributed by atoms with E-state index in [2.05, 4.69) is 5.32 Å². The van der Waals surface area contributed by atoms with E-state index in [9.17, 15) is 9.90 Å². The summed E-state index contributed by atoms with van der Waals surface area (Å²) in [5.74, 6) is 1.26. The van der Waals surface area contributed by atoms with Crippen LogP contribution in [0.1, 0.15) is 35.3 Å². The molecule has 0 bridgehead atoms. The standard InChI is InChI=1S/C19H20ClNO4/c1-3-24-17-8-13-6-11(2)25-18(13)9-14(17)10-21-19(23)12-4-5-16(22)15(20)7-12/h4-5,7-9,11,22H,3,6,10H2,1-2H3,(H,21,23). The summed E-state index contributed by atoms with van der Waals surface area (Å²) < 4.78 is 11.5. The molecule has 1 amide bonds. The zero-order chi connectivity index (χ0) is 18.0. The SMILES string of the molecule is CCOc1cc2c(cc1CNC(=O)c1ccc(O)c(Cl)c1)OC(C)C2. The van der Waals surface area contributed by atoms with E-state index in [0.717, 1.165) is 29.0 Å². The Kier molecular flexibility index (Phi) is 5.04. The van der Waals surface area contributed by atoms with Crippen LogP contribution >= 0.6 is 11.6 Å². The van der Waals surface area contributed by atoms with E-state index in [4.69, 9.17) is 21.1 Å². The Morgan fingerprint density at radius 3 is 2.92 bits per heavy atom. The van der Waals surface area contributed by atoms with E-state index in [1.807, 2.05) is 26.0 Å². The van der Waals surface area contributed by atoms with Crippen LogP contribution in [0.2, 0.25) is 5.02 Å². The van der Waals surface area contributed by atoms with Gasteiger partial charge < -0.3 is 19.9 Å². The maximum atomic E-state index is 12.3. The molecular formula is C19H20ClNO4. The minimum Gasteiger partial charge on any atom is -0.506 e. The summed E-state index contributed by atoms with van der Waals surface area (Å²) >= 11 is 5.85. The number of fused-ring (bicyclic) bond motifs is 1. The van der Waals surface area contributed by atoms with Gasteiger partial charge in [0.2, 0.25) is 0 Å². The molecule has 3 rings (SSSR count). The van der Waals surface area contributed by atoms with Crippen LogP contribution in [-0.2, 0) is 13.0 Å². The molecule has 0 saturated carbocycles. The number of carbonyl (C=O) groups excluding carboxylic acids is 1. The lowest BCUT2D eigenvalue weighted by Gasteiger charge is -2.13. The highest BCUT2D eigenvalue weighted by molar-refractivity contribution is 6.32. The summed E-state index contributed by atoms with van der Waals surface area (Å²) in [5.41, 5.74) is 2.36. The minimum atomic E-state index is -0.279. The number of carbonyl (C=O) groups is 1. The Morgan fingerprint density at radius 2 is 2.20 bits per heavy atom. The molecule has 0 spiro atoms. The van der Waals surface area contributed by atoms with Gasteiger partial charge in [0.05, 0.1) is 11.6 Å². The molecule has 25 heavy (non-hydrogen) atoms. The Balaban J connectivity index is 1.77. The van der Waals surface area contributed by atoms with Crippen LogP contribution in [0.5, 0.6) is 17.2 Å². The number of hydrogen-bond acceptors (Lipinski definition) is 4. The van der Waals surface area contributed by atoms with Crippen molar-refractivity contribution in [3.05, 3.63) is 52.0 Å². The summed E-state index contributed by atoms with van der Waals surface area (Å²) in [7, 11) is 0. The fourth-order valence-electron chi connectivity index (χ4n) is 2.84. The van der Waals surface area contributed by atoms with Crippen molar-refractivity contribution >= 4 is 17.5 Å². The van der Waals surface area contributed by atoms with E-state index >= 15 is 0 Å². The van der Waals surface area contributed by atoms with E-state index in [1.54, 1.807) is 0 Å². The smallest absolute Gasteiger partial charge is 0.251 e. The van der Waals surface area contributed by atoms with Gasteiger partial charge in [0.1, 0.15) is 23.4 Å². The highest BCUT2D eigenvalue weighted by atomic mass is 35.5. The molecule has 1 aliphatic heterocycles. The van der Waals surface area contributed by atoms with Gasteiger partial charge in [-0.25, -0.2) is 0 Å². The predicted octanol–water partition coefficient (Wildman–Crippen LogP) is 3.70. The molecule has 2 aromatic carbocycles. The minimum absolute atomic E-state index is 0.0539. The molecule has 5 nitrogen and oxygen atoms in total. The van der Waals surface area contributed by atoms with Gasteiger partial charge in [0.15, 0.2) is 0 Å². The number of hydrogen-bond donors (Lipinski definition) is 2. The van der Waals surface area contributed by atoms with Crippen LogP contribution in [-0.4, -0.2) is 23.7 Å². The maximum absolute atomic E-state index is 12.3. The molecule has 2 N–H and O–H groups in total. The number of ether oxygens (including phenoxy) is 2. The number of amides is 1. The van der Waals surface area contributed by atoms with Crippen molar-refractivity contribution in [3.8, 4) is 17.2 Å². The molecule has 6 heteroatoms. The quantitative estimate of drug-likeness (QED) is 0.852. The molecular weight excluding hydrogens is 342 g/mol. The predicted molar refractivity (Wildman–Crippen MR) is 95.7 cm³/mol. The van der Waals surface area contributed by atoms with Gasteiger partial charge in [-0.15, -0.1) is 0 Å². The normalized spacial score (nSPS) is 15.4. The largest absolute Gasteiger partial charge is 0.506 e. The van der Waals surface area contributed by atoms with Crippen LogP contribution < -0.4 is 14.8 Å². The Bertz CT molecular complexity index is 806. The second kappa shape index (κ2) is 7.23.